The van der Waals surface area contributed by atoms with Crippen molar-refractivity contribution < 1.29 is 0 Å². The summed E-state index contributed by atoms with van der Waals surface area (Å²) in [6, 6.07) is 9.57. The smallest absolute Gasteiger partial charge is 0.0351 e. The molecule has 1 unspecified atom stereocenters. The summed E-state index contributed by atoms with van der Waals surface area (Å²) in [5.74, 6) is 0. The number of nitrogens with zero attached hydrogens (tertiary/aromatic N) is 1. The molecule has 0 bridgehead atoms. The molecule has 0 fully saturated rings. The second kappa shape index (κ2) is 7.09. The SMILES string of the molecule is CC(C)=CCN1CCC(C)=C(C)C1Cc1ccc(C)cc1. The van der Waals surface area contributed by atoms with Crippen LogP contribution in [-0.4, -0.2) is 24.0 Å². The average Bonchev–Trinajstić information content (AvgIpc) is 2.45. The van der Waals surface area contributed by atoms with Gasteiger partial charge in [0.1, 0.15) is 0 Å². The molecule has 0 spiro atoms. The van der Waals surface area contributed by atoms with Crippen molar-refractivity contribution in [3.05, 3.63) is 58.2 Å². The number of aryl methyl sites for hydroxylation is 1. The molecule has 0 amide bonds. The van der Waals surface area contributed by atoms with Gasteiger partial charge >= 0.3 is 0 Å². The third-order valence-electron chi connectivity index (χ3n) is 4.67. The lowest BCUT2D eigenvalue weighted by Crippen LogP contribution is -2.42. The third kappa shape index (κ3) is 4.31. The Morgan fingerprint density at radius 1 is 1.14 bits per heavy atom. The van der Waals surface area contributed by atoms with Crippen molar-refractivity contribution in [1.29, 1.82) is 0 Å². The molecule has 1 aromatic rings. The fourth-order valence-corrected chi connectivity index (χ4v) is 2.97. The zero-order chi connectivity index (χ0) is 15.4. The lowest BCUT2D eigenvalue weighted by atomic mass is 9.90. The summed E-state index contributed by atoms with van der Waals surface area (Å²) in [4.78, 5) is 2.63. The molecule has 0 radical (unpaired) electrons. The summed E-state index contributed by atoms with van der Waals surface area (Å²) >= 11 is 0. The zero-order valence-electron chi connectivity index (χ0n) is 14.2. The lowest BCUT2D eigenvalue weighted by molar-refractivity contribution is 0.229. The van der Waals surface area contributed by atoms with Crippen LogP contribution < -0.4 is 0 Å². The van der Waals surface area contributed by atoms with E-state index in [0.29, 0.717) is 6.04 Å². The van der Waals surface area contributed by atoms with Crippen LogP contribution in [0, 0.1) is 6.92 Å². The van der Waals surface area contributed by atoms with Gasteiger partial charge in [0, 0.05) is 19.1 Å². The van der Waals surface area contributed by atoms with Gasteiger partial charge in [-0.25, -0.2) is 0 Å². The van der Waals surface area contributed by atoms with Crippen molar-refractivity contribution in [2.45, 2.75) is 53.5 Å². The first-order valence-electron chi connectivity index (χ1n) is 8.06. The van der Waals surface area contributed by atoms with Crippen LogP contribution in [0.4, 0.5) is 0 Å². The van der Waals surface area contributed by atoms with E-state index in [-0.39, 0.29) is 0 Å². The van der Waals surface area contributed by atoms with Crippen LogP contribution in [0.5, 0.6) is 0 Å². The fourth-order valence-electron chi connectivity index (χ4n) is 2.97. The summed E-state index contributed by atoms with van der Waals surface area (Å²) in [7, 11) is 0. The molecule has 0 aliphatic carbocycles. The van der Waals surface area contributed by atoms with E-state index in [4.69, 9.17) is 0 Å². The predicted octanol–water partition coefficient (Wildman–Crippen LogP) is 4.91. The molecule has 0 N–H and O–H groups in total. The van der Waals surface area contributed by atoms with Crippen LogP contribution >= 0.6 is 0 Å². The quantitative estimate of drug-likeness (QED) is 0.709. The average molecular weight is 283 g/mol. The minimum atomic E-state index is 0.553. The van der Waals surface area contributed by atoms with E-state index in [2.05, 4.69) is 69.9 Å². The fraction of sp³-hybridized carbons (Fsp3) is 0.500. The van der Waals surface area contributed by atoms with Crippen LogP contribution in [0.25, 0.3) is 0 Å². The van der Waals surface area contributed by atoms with Crippen molar-refractivity contribution >= 4 is 0 Å². The molecule has 0 saturated heterocycles. The predicted molar refractivity (Wildman–Crippen MR) is 92.7 cm³/mol. The number of hydrogen-bond acceptors (Lipinski definition) is 1. The summed E-state index contributed by atoms with van der Waals surface area (Å²) in [6.07, 6.45) is 4.70. The van der Waals surface area contributed by atoms with Gasteiger partial charge in [-0.15, -0.1) is 0 Å². The molecule has 1 heterocycles. The van der Waals surface area contributed by atoms with E-state index in [0.717, 1.165) is 13.0 Å². The van der Waals surface area contributed by atoms with E-state index in [1.54, 1.807) is 11.1 Å². The first-order chi connectivity index (χ1) is 9.97. The largest absolute Gasteiger partial charge is 0.292 e. The van der Waals surface area contributed by atoms with Gasteiger partial charge in [-0.3, -0.25) is 4.90 Å². The van der Waals surface area contributed by atoms with Crippen LogP contribution in [0.15, 0.2) is 47.1 Å². The highest BCUT2D eigenvalue weighted by molar-refractivity contribution is 5.27. The van der Waals surface area contributed by atoms with E-state index >= 15 is 0 Å². The Kier molecular flexibility index (Phi) is 5.41. The van der Waals surface area contributed by atoms with Gasteiger partial charge in [-0.2, -0.15) is 0 Å². The summed E-state index contributed by atoms with van der Waals surface area (Å²) in [5, 5.41) is 0. The molecule has 0 aromatic heterocycles. The van der Waals surface area contributed by atoms with E-state index in [1.807, 2.05) is 0 Å². The molecule has 0 saturated carbocycles. The van der Waals surface area contributed by atoms with Crippen LogP contribution in [0.1, 0.15) is 45.2 Å². The maximum absolute atomic E-state index is 2.63. The Labute approximate surface area is 130 Å². The Morgan fingerprint density at radius 3 is 2.43 bits per heavy atom. The number of hydrogen-bond donors (Lipinski definition) is 0. The van der Waals surface area contributed by atoms with Crippen molar-refractivity contribution in [3.8, 4) is 0 Å². The molecular formula is C20H29N. The van der Waals surface area contributed by atoms with E-state index in [9.17, 15) is 0 Å². The standard InChI is InChI=1S/C20H29N/c1-15(2)10-12-21-13-11-17(4)18(5)20(21)14-19-8-6-16(3)7-9-19/h6-10,20H,11-14H2,1-5H3. The molecule has 1 atom stereocenters. The Hall–Kier alpha value is -1.34. The summed E-state index contributed by atoms with van der Waals surface area (Å²) in [6.45, 7) is 13.4. The van der Waals surface area contributed by atoms with Gasteiger partial charge < -0.3 is 0 Å². The molecule has 1 nitrogen and oxygen atoms in total. The van der Waals surface area contributed by atoms with Crippen molar-refractivity contribution in [2.24, 2.45) is 0 Å². The first-order valence-corrected chi connectivity index (χ1v) is 8.06. The molecular weight excluding hydrogens is 254 g/mol. The molecule has 114 valence electrons. The normalized spacial score (nSPS) is 19.8. The topological polar surface area (TPSA) is 3.24 Å². The monoisotopic (exact) mass is 283 g/mol. The van der Waals surface area contributed by atoms with Crippen LogP contribution in [0.2, 0.25) is 0 Å². The summed E-state index contributed by atoms with van der Waals surface area (Å²) < 4.78 is 0. The lowest BCUT2D eigenvalue weighted by Gasteiger charge is -2.37. The highest BCUT2D eigenvalue weighted by Gasteiger charge is 2.24. The van der Waals surface area contributed by atoms with E-state index < -0.39 is 0 Å². The maximum atomic E-state index is 2.63. The van der Waals surface area contributed by atoms with Gasteiger partial charge in [-0.05, 0) is 53.0 Å². The first kappa shape index (κ1) is 16.0. The van der Waals surface area contributed by atoms with Gasteiger partial charge in [0.25, 0.3) is 0 Å². The summed E-state index contributed by atoms with van der Waals surface area (Å²) in [5.41, 5.74) is 7.35. The van der Waals surface area contributed by atoms with Crippen molar-refractivity contribution in [2.75, 3.05) is 13.1 Å². The Balaban J connectivity index is 2.18. The molecule has 1 heteroatoms. The van der Waals surface area contributed by atoms with Crippen LogP contribution in [-0.2, 0) is 6.42 Å². The minimum Gasteiger partial charge on any atom is -0.292 e. The number of rotatable bonds is 4. The molecule has 1 aliphatic heterocycles. The van der Waals surface area contributed by atoms with Crippen molar-refractivity contribution in [3.63, 3.8) is 0 Å². The van der Waals surface area contributed by atoms with Gasteiger partial charge in [-0.1, -0.05) is 52.6 Å². The van der Waals surface area contributed by atoms with Gasteiger partial charge in [0.2, 0.25) is 0 Å². The zero-order valence-corrected chi connectivity index (χ0v) is 14.2. The Bertz CT molecular complexity index is 529. The van der Waals surface area contributed by atoms with Crippen LogP contribution in [0.3, 0.4) is 0 Å². The van der Waals surface area contributed by atoms with Gasteiger partial charge in [0.05, 0.1) is 0 Å². The number of benzene rings is 1. The van der Waals surface area contributed by atoms with E-state index in [1.165, 1.54) is 29.7 Å². The maximum Gasteiger partial charge on any atom is 0.0351 e. The minimum absolute atomic E-state index is 0.553. The van der Waals surface area contributed by atoms with Gasteiger partial charge in [0.15, 0.2) is 0 Å². The highest BCUT2D eigenvalue weighted by atomic mass is 15.2. The second-order valence-corrected chi connectivity index (χ2v) is 6.70. The molecule has 1 aliphatic rings. The molecule has 21 heavy (non-hydrogen) atoms. The molecule has 2 rings (SSSR count). The Morgan fingerprint density at radius 2 is 1.81 bits per heavy atom. The van der Waals surface area contributed by atoms with Crippen molar-refractivity contribution in [1.82, 2.24) is 4.90 Å². The molecule has 1 aromatic carbocycles. The highest BCUT2D eigenvalue weighted by Crippen LogP contribution is 2.26. The second-order valence-electron chi connectivity index (χ2n) is 6.70. The number of allylic oxidation sites excluding steroid dienone is 1. The third-order valence-corrected chi connectivity index (χ3v) is 4.67.